The first-order chi connectivity index (χ1) is 9.58. The highest BCUT2D eigenvalue weighted by Crippen LogP contribution is 2.29. The zero-order valence-electron chi connectivity index (χ0n) is 14.2. The standard InChI is InChI=1S/C18H28N2O/c1-17(2,3)12-20-15(21)11-19-16(20)13-7-9-14(10-8-13)18(4,5)6/h7-10,16,19H,11-12H2,1-6H3. The summed E-state index contributed by atoms with van der Waals surface area (Å²) in [5.41, 5.74) is 2.74. The van der Waals surface area contributed by atoms with Crippen LogP contribution in [-0.4, -0.2) is 23.9 Å². The molecule has 0 spiro atoms. The van der Waals surface area contributed by atoms with E-state index >= 15 is 0 Å². The Morgan fingerprint density at radius 1 is 1.10 bits per heavy atom. The smallest absolute Gasteiger partial charge is 0.238 e. The Kier molecular flexibility index (Phi) is 4.16. The van der Waals surface area contributed by atoms with E-state index in [1.54, 1.807) is 0 Å². The minimum Gasteiger partial charge on any atom is -0.321 e. The van der Waals surface area contributed by atoms with Crippen LogP contribution in [0.2, 0.25) is 0 Å². The summed E-state index contributed by atoms with van der Waals surface area (Å²) in [6.45, 7) is 14.3. The molecule has 1 aromatic rings. The molecule has 1 aliphatic heterocycles. The lowest BCUT2D eigenvalue weighted by atomic mass is 9.86. The lowest BCUT2D eigenvalue weighted by Gasteiger charge is -2.31. The predicted molar refractivity (Wildman–Crippen MR) is 87.1 cm³/mol. The van der Waals surface area contributed by atoms with Crippen molar-refractivity contribution in [3.63, 3.8) is 0 Å². The van der Waals surface area contributed by atoms with Gasteiger partial charge in [0, 0.05) is 6.54 Å². The highest BCUT2D eigenvalue weighted by molar-refractivity contribution is 5.81. The van der Waals surface area contributed by atoms with Crippen molar-refractivity contribution >= 4 is 5.91 Å². The molecule has 1 heterocycles. The molecule has 1 saturated heterocycles. The van der Waals surface area contributed by atoms with Crippen LogP contribution in [0.15, 0.2) is 24.3 Å². The maximum atomic E-state index is 12.1. The second-order valence-electron chi connectivity index (χ2n) is 8.24. The van der Waals surface area contributed by atoms with Crippen molar-refractivity contribution < 1.29 is 4.79 Å². The van der Waals surface area contributed by atoms with Gasteiger partial charge >= 0.3 is 0 Å². The van der Waals surface area contributed by atoms with Gasteiger partial charge in [-0.1, -0.05) is 65.8 Å². The third-order valence-electron chi connectivity index (χ3n) is 3.82. The van der Waals surface area contributed by atoms with E-state index < -0.39 is 0 Å². The summed E-state index contributed by atoms with van der Waals surface area (Å²) < 4.78 is 0. The van der Waals surface area contributed by atoms with E-state index in [0.717, 1.165) is 12.1 Å². The van der Waals surface area contributed by atoms with E-state index in [1.807, 2.05) is 4.90 Å². The van der Waals surface area contributed by atoms with Crippen LogP contribution < -0.4 is 5.32 Å². The van der Waals surface area contributed by atoms with E-state index in [9.17, 15) is 4.79 Å². The number of hydrogen-bond donors (Lipinski definition) is 1. The molecule has 3 nitrogen and oxygen atoms in total. The van der Waals surface area contributed by atoms with Crippen LogP contribution in [0.1, 0.15) is 58.8 Å². The van der Waals surface area contributed by atoms with Gasteiger partial charge in [-0.15, -0.1) is 0 Å². The number of benzene rings is 1. The van der Waals surface area contributed by atoms with Crippen molar-refractivity contribution in [2.75, 3.05) is 13.1 Å². The molecule has 0 saturated carbocycles. The first-order valence-electron chi connectivity index (χ1n) is 7.71. The molecule has 3 heteroatoms. The minimum atomic E-state index is 0.00532. The molecule has 1 amide bonds. The van der Waals surface area contributed by atoms with Gasteiger partial charge in [-0.05, 0) is 22.0 Å². The first kappa shape index (κ1) is 16.0. The average molecular weight is 288 g/mol. The van der Waals surface area contributed by atoms with Gasteiger partial charge in [0.15, 0.2) is 0 Å². The van der Waals surface area contributed by atoms with Crippen LogP contribution >= 0.6 is 0 Å². The number of rotatable bonds is 2. The Hall–Kier alpha value is -1.35. The third kappa shape index (κ3) is 3.85. The van der Waals surface area contributed by atoms with Gasteiger partial charge in [0.05, 0.1) is 6.54 Å². The van der Waals surface area contributed by atoms with Crippen molar-refractivity contribution in [2.24, 2.45) is 5.41 Å². The van der Waals surface area contributed by atoms with Gasteiger partial charge in [0.25, 0.3) is 0 Å². The molecule has 1 aliphatic rings. The molecule has 21 heavy (non-hydrogen) atoms. The van der Waals surface area contributed by atoms with Gasteiger partial charge in [-0.25, -0.2) is 0 Å². The van der Waals surface area contributed by atoms with Crippen molar-refractivity contribution in [3.8, 4) is 0 Å². The summed E-state index contributed by atoms with van der Waals surface area (Å²) in [7, 11) is 0. The molecule has 1 N–H and O–H groups in total. The fraction of sp³-hybridized carbons (Fsp3) is 0.611. The van der Waals surface area contributed by atoms with Crippen LogP contribution in [0, 0.1) is 5.41 Å². The lowest BCUT2D eigenvalue weighted by molar-refractivity contribution is -0.129. The second kappa shape index (κ2) is 5.45. The third-order valence-corrected chi connectivity index (χ3v) is 3.82. The Balaban J connectivity index is 2.22. The lowest BCUT2D eigenvalue weighted by Crippen LogP contribution is -2.37. The summed E-state index contributed by atoms with van der Waals surface area (Å²) in [6.07, 6.45) is 0.00532. The molecule has 1 unspecified atom stereocenters. The zero-order valence-corrected chi connectivity index (χ0v) is 14.2. The monoisotopic (exact) mass is 288 g/mol. The fourth-order valence-electron chi connectivity index (χ4n) is 2.69. The molecule has 0 bridgehead atoms. The highest BCUT2D eigenvalue weighted by atomic mass is 16.2. The molecule has 1 fully saturated rings. The van der Waals surface area contributed by atoms with E-state index in [-0.39, 0.29) is 22.9 Å². The maximum Gasteiger partial charge on any atom is 0.238 e. The number of nitrogens with one attached hydrogen (secondary N) is 1. The Labute approximate surface area is 128 Å². The largest absolute Gasteiger partial charge is 0.321 e. The van der Waals surface area contributed by atoms with Crippen molar-refractivity contribution in [2.45, 2.75) is 53.1 Å². The Morgan fingerprint density at radius 3 is 2.14 bits per heavy atom. The molecule has 0 radical (unpaired) electrons. The second-order valence-corrected chi connectivity index (χ2v) is 8.24. The number of hydrogen-bond acceptors (Lipinski definition) is 2. The van der Waals surface area contributed by atoms with Crippen LogP contribution in [-0.2, 0) is 10.2 Å². The topological polar surface area (TPSA) is 32.3 Å². The Morgan fingerprint density at radius 2 is 1.67 bits per heavy atom. The maximum absolute atomic E-state index is 12.1. The van der Waals surface area contributed by atoms with Crippen molar-refractivity contribution in [3.05, 3.63) is 35.4 Å². The van der Waals surface area contributed by atoms with Gasteiger partial charge in [-0.3, -0.25) is 10.1 Å². The minimum absolute atomic E-state index is 0.00532. The Bertz CT molecular complexity index is 506. The first-order valence-corrected chi connectivity index (χ1v) is 7.71. The molecule has 2 rings (SSSR count). The predicted octanol–water partition coefficient (Wildman–Crippen LogP) is 3.46. The molecule has 0 aromatic heterocycles. The van der Waals surface area contributed by atoms with E-state index in [0.29, 0.717) is 6.54 Å². The zero-order chi connectivity index (χ0) is 15.8. The van der Waals surface area contributed by atoms with E-state index in [2.05, 4.69) is 71.1 Å². The SMILES string of the molecule is CC(C)(C)CN1C(=O)CNC1c1ccc(C(C)(C)C)cc1. The number of carbonyl (C=O) groups is 1. The number of amides is 1. The summed E-state index contributed by atoms with van der Waals surface area (Å²) in [4.78, 5) is 14.1. The molecule has 1 atom stereocenters. The van der Waals surface area contributed by atoms with Crippen molar-refractivity contribution in [1.29, 1.82) is 0 Å². The molecular formula is C18H28N2O. The average Bonchev–Trinajstić information content (AvgIpc) is 2.68. The van der Waals surface area contributed by atoms with E-state index in [4.69, 9.17) is 0 Å². The molecular weight excluding hydrogens is 260 g/mol. The number of carbonyl (C=O) groups excluding carboxylic acids is 1. The summed E-state index contributed by atoms with van der Waals surface area (Å²) in [5.74, 6) is 0.190. The van der Waals surface area contributed by atoms with Crippen LogP contribution in [0.5, 0.6) is 0 Å². The molecule has 0 aliphatic carbocycles. The van der Waals surface area contributed by atoms with Gasteiger partial charge in [0.2, 0.25) is 5.91 Å². The molecule has 1 aromatic carbocycles. The van der Waals surface area contributed by atoms with Gasteiger partial charge in [0.1, 0.15) is 6.17 Å². The van der Waals surface area contributed by atoms with Gasteiger partial charge < -0.3 is 4.90 Å². The molecule has 116 valence electrons. The summed E-state index contributed by atoms with van der Waals surface area (Å²) in [5, 5.41) is 3.33. The quantitative estimate of drug-likeness (QED) is 0.904. The van der Waals surface area contributed by atoms with Gasteiger partial charge in [-0.2, -0.15) is 0 Å². The van der Waals surface area contributed by atoms with E-state index in [1.165, 1.54) is 5.56 Å². The van der Waals surface area contributed by atoms with Crippen LogP contribution in [0.4, 0.5) is 0 Å². The summed E-state index contributed by atoms with van der Waals surface area (Å²) >= 11 is 0. The van der Waals surface area contributed by atoms with Crippen LogP contribution in [0.3, 0.4) is 0 Å². The normalized spacial score (nSPS) is 20.2. The van der Waals surface area contributed by atoms with Crippen molar-refractivity contribution in [1.82, 2.24) is 10.2 Å². The number of nitrogens with zero attached hydrogens (tertiary/aromatic N) is 1. The summed E-state index contributed by atoms with van der Waals surface area (Å²) in [6, 6.07) is 8.64. The highest BCUT2D eigenvalue weighted by Gasteiger charge is 2.34. The fourth-order valence-corrected chi connectivity index (χ4v) is 2.69. The van der Waals surface area contributed by atoms with Crippen LogP contribution in [0.25, 0.3) is 0 Å².